The average molecular weight is 311 g/mol. The summed E-state index contributed by atoms with van der Waals surface area (Å²) in [4.78, 5) is 6.52. The predicted molar refractivity (Wildman–Crippen MR) is 90.7 cm³/mol. The maximum Gasteiger partial charge on any atom is 0.191 e. The van der Waals surface area contributed by atoms with Gasteiger partial charge in [0.1, 0.15) is 11.5 Å². The quantitative estimate of drug-likeness (QED) is 0.696. The van der Waals surface area contributed by atoms with Gasteiger partial charge in [-0.25, -0.2) is 4.99 Å². The van der Waals surface area contributed by atoms with Crippen molar-refractivity contribution in [2.24, 2.45) is 10.7 Å². The first-order valence-electron chi connectivity index (χ1n) is 7.76. The maximum absolute atomic E-state index is 6.05. The largest absolute Gasteiger partial charge is 0.457 e. The number of guanidine groups is 1. The van der Waals surface area contributed by atoms with Crippen LogP contribution in [-0.2, 0) is 11.3 Å². The molecule has 0 bridgehead atoms. The Morgan fingerprint density at radius 2 is 1.78 bits per heavy atom. The zero-order valence-corrected chi connectivity index (χ0v) is 13.0. The Labute approximate surface area is 136 Å². The molecular formula is C18H21N3O2. The molecule has 5 nitrogen and oxygen atoms in total. The van der Waals surface area contributed by atoms with Crippen LogP contribution in [0.2, 0.25) is 0 Å². The second-order valence-corrected chi connectivity index (χ2v) is 5.34. The molecule has 23 heavy (non-hydrogen) atoms. The molecule has 0 atom stereocenters. The van der Waals surface area contributed by atoms with Crippen molar-refractivity contribution in [1.82, 2.24) is 4.90 Å². The van der Waals surface area contributed by atoms with Crippen LogP contribution < -0.4 is 10.5 Å². The van der Waals surface area contributed by atoms with Crippen molar-refractivity contribution in [1.29, 1.82) is 0 Å². The molecule has 2 aromatic rings. The number of nitrogens with two attached hydrogens (primary N) is 1. The van der Waals surface area contributed by atoms with Gasteiger partial charge in [-0.2, -0.15) is 0 Å². The highest BCUT2D eigenvalue weighted by Gasteiger charge is 2.11. The summed E-state index contributed by atoms with van der Waals surface area (Å²) in [5.41, 5.74) is 7.11. The van der Waals surface area contributed by atoms with Crippen LogP contribution in [0.25, 0.3) is 0 Å². The third-order valence-corrected chi connectivity index (χ3v) is 3.64. The molecule has 1 heterocycles. The molecule has 0 radical (unpaired) electrons. The van der Waals surface area contributed by atoms with E-state index in [0.29, 0.717) is 25.7 Å². The number of morpholine rings is 1. The molecule has 0 unspecified atom stereocenters. The molecule has 1 saturated heterocycles. The molecule has 0 saturated carbocycles. The molecule has 0 aliphatic carbocycles. The van der Waals surface area contributed by atoms with E-state index in [9.17, 15) is 0 Å². The van der Waals surface area contributed by atoms with Gasteiger partial charge in [-0.15, -0.1) is 0 Å². The van der Waals surface area contributed by atoms with E-state index in [4.69, 9.17) is 15.2 Å². The Balaban J connectivity index is 1.63. The summed E-state index contributed by atoms with van der Waals surface area (Å²) in [6.07, 6.45) is 0. The second kappa shape index (κ2) is 7.65. The van der Waals surface area contributed by atoms with Crippen molar-refractivity contribution in [3.8, 4) is 11.5 Å². The minimum Gasteiger partial charge on any atom is -0.457 e. The molecule has 0 amide bonds. The molecule has 1 aliphatic heterocycles. The molecule has 0 spiro atoms. The summed E-state index contributed by atoms with van der Waals surface area (Å²) < 4.78 is 11.2. The van der Waals surface area contributed by atoms with Gasteiger partial charge in [-0.05, 0) is 29.8 Å². The topological polar surface area (TPSA) is 60.1 Å². The Morgan fingerprint density at radius 1 is 1.04 bits per heavy atom. The lowest BCUT2D eigenvalue weighted by Gasteiger charge is -2.27. The van der Waals surface area contributed by atoms with Crippen LogP contribution in [0, 0.1) is 0 Å². The van der Waals surface area contributed by atoms with Gasteiger partial charge >= 0.3 is 0 Å². The summed E-state index contributed by atoms with van der Waals surface area (Å²) in [5, 5.41) is 0. The number of para-hydroxylation sites is 1. The SMILES string of the molecule is NC(=NCc1cccc(Oc2ccccc2)c1)N1CCOCC1. The summed E-state index contributed by atoms with van der Waals surface area (Å²) in [6, 6.07) is 17.6. The van der Waals surface area contributed by atoms with E-state index in [-0.39, 0.29) is 0 Å². The first-order valence-corrected chi connectivity index (χ1v) is 7.76. The molecule has 0 aromatic heterocycles. The van der Waals surface area contributed by atoms with E-state index in [1.54, 1.807) is 0 Å². The fraction of sp³-hybridized carbons (Fsp3) is 0.278. The zero-order valence-electron chi connectivity index (χ0n) is 13.0. The van der Waals surface area contributed by atoms with E-state index >= 15 is 0 Å². The predicted octanol–water partition coefficient (Wildman–Crippen LogP) is 2.63. The number of hydrogen-bond acceptors (Lipinski definition) is 3. The number of rotatable bonds is 4. The lowest BCUT2D eigenvalue weighted by atomic mass is 10.2. The normalized spacial score (nSPS) is 15.5. The minimum absolute atomic E-state index is 0.537. The van der Waals surface area contributed by atoms with E-state index in [1.807, 2.05) is 59.5 Å². The highest BCUT2D eigenvalue weighted by molar-refractivity contribution is 5.78. The van der Waals surface area contributed by atoms with Crippen molar-refractivity contribution in [3.05, 3.63) is 60.2 Å². The molecule has 120 valence electrons. The standard InChI is InChI=1S/C18H21N3O2/c19-18(21-9-11-22-12-10-21)20-14-15-5-4-8-17(13-15)23-16-6-2-1-3-7-16/h1-8,13H,9-12,14H2,(H2,19,20). The third-order valence-electron chi connectivity index (χ3n) is 3.64. The first kappa shape index (κ1) is 15.4. The van der Waals surface area contributed by atoms with Crippen molar-refractivity contribution in [2.75, 3.05) is 26.3 Å². The van der Waals surface area contributed by atoms with Crippen molar-refractivity contribution in [2.45, 2.75) is 6.54 Å². The molecule has 5 heteroatoms. The number of aliphatic imine (C=N–C) groups is 1. The summed E-state index contributed by atoms with van der Waals surface area (Å²) >= 11 is 0. The van der Waals surface area contributed by atoms with E-state index in [1.165, 1.54) is 0 Å². The minimum atomic E-state index is 0.537. The fourth-order valence-electron chi connectivity index (χ4n) is 2.40. The van der Waals surface area contributed by atoms with Crippen LogP contribution in [0.1, 0.15) is 5.56 Å². The second-order valence-electron chi connectivity index (χ2n) is 5.34. The van der Waals surface area contributed by atoms with Gasteiger partial charge in [0.05, 0.1) is 19.8 Å². The van der Waals surface area contributed by atoms with Gasteiger partial charge in [0.25, 0.3) is 0 Å². The highest BCUT2D eigenvalue weighted by Crippen LogP contribution is 2.22. The number of ether oxygens (including phenoxy) is 2. The van der Waals surface area contributed by atoms with Gasteiger partial charge in [0.15, 0.2) is 5.96 Å². The van der Waals surface area contributed by atoms with Gasteiger partial charge in [0.2, 0.25) is 0 Å². The average Bonchev–Trinajstić information content (AvgIpc) is 2.62. The van der Waals surface area contributed by atoms with Crippen molar-refractivity contribution >= 4 is 5.96 Å². The summed E-state index contributed by atoms with van der Waals surface area (Å²) in [7, 11) is 0. The van der Waals surface area contributed by atoms with Crippen molar-refractivity contribution in [3.63, 3.8) is 0 Å². The number of hydrogen-bond donors (Lipinski definition) is 1. The van der Waals surface area contributed by atoms with Gasteiger partial charge < -0.3 is 20.1 Å². The monoisotopic (exact) mass is 311 g/mol. The smallest absolute Gasteiger partial charge is 0.191 e. The molecule has 2 aromatic carbocycles. The Hall–Kier alpha value is -2.53. The van der Waals surface area contributed by atoms with Crippen molar-refractivity contribution < 1.29 is 9.47 Å². The lowest BCUT2D eigenvalue weighted by molar-refractivity contribution is 0.0674. The van der Waals surface area contributed by atoms with Gasteiger partial charge in [0, 0.05) is 13.1 Å². The summed E-state index contributed by atoms with van der Waals surface area (Å²) in [6.45, 7) is 3.54. The lowest BCUT2D eigenvalue weighted by Crippen LogP contribution is -2.44. The molecule has 1 fully saturated rings. The van der Waals surface area contributed by atoms with E-state index in [2.05, 4.69) is 4.99 Å². The van der Waals surface area contributed by atoms with E-state index < -0.39 is 0 Å². The van der Waals surface area contributed by atoms with Crippen LogP contribution in [-0.4, -0.2) is 37.2 Å². The fourth-order valence-corrected chi connectivity index (χ4v) is 2.40. The molecule has 2 N–H and O–H groups in total. The molecule has 1 aliphatic rings. The van der Waals surface area contributed by atoms with Crippen LogP contribution in [0.4, 0.5) is 0 Å². The van der Waals surface area contributed by atoms with Crippen LogP contribution >= 0.6 is 0 Å². The van der Waals surface area contributed by atoms with Crippen LogP contribution in [0.15, 0.2) is 59.6 Å². The highest BCUT2D eigenvalue weighted by atomic mass is 16.5. The third kappa shape index (κ3) is 4.47. The van der Waals surface area contributed by atoms with Crippen LogP contribution in [0.3, 0.4) is 0 Å². The zero-order chi connectivity index (χ0) is 15.9. The Kier molecular flexibility index (Phi) is 5.11. The number of nitrogens with zero attached hydrogens (tertiary/aromatic N) is 2. The van der Waals surface area contributed by atoms with Gasteiger partial charge in [-0.3, -0.25) is 0 Å². The molecular weight excluding hydrogens is 290 g/mol. The first-order chi connectivity index (χ1) is 11.3. The maximum atomic E-state index is 6.05. The van der Waals surface area contributed by atoms with Gasteiger partial charge in [-0.1, -0.05) is 30.3 Å². The molecule has 3 rings (SSSR count). The number of benzene rings is 2. The summed E-state index contributed by atoms with van der Waals surface area (Å²) in [5.74, 6) is 2.19. The van der Waals surface area contributed by atoms with E-state index in [0.717, 1.165) is 30.2 Å². The Morgan fingerprint density at radius 3 is 2.57 bits per heavy atom. The van der Waals surface area contributed by atoms with Crippen LogP contribution in [0.5, 0.6) is 11.5 Å². The Bertz CT molecular complexity index is 652.